The number of rotatable bonds is 4. The van der Waals surface area contributed by atoms with Gasteiger partial charge in [0.15, 0.2) is 0 Å². The minimum atomic E-state index is -4.46. The Morgan fingerprint density at radius 1 is 1.35 bits per heavy atom. The Morgan fingerprint density at radius 2 is 2.15 bits per heavy atom. The lowest BCUT2D eigenvalue weighted by atomic mass is 10.2. The zero-order valence-electron chi connectivity index (χ0n) is 10.2. The molecule has 0 spiro atoms. The third kappa shape index (κ3) is 4.02. The second kappa shape index (κ2) is 6.00. The maximum atomic E-state index is 12.6. The van der Waals surface area contributed by atoms with Crippen LogP contribution < -0.4 is 0 Å². The van der Waals surface area contributed by atoms with Crippen molar-refractivity contribution in [2.45, 2.75) is 12.7 Å². The number of nitrogens with zero attached hydrogens (tertiary/aromatic N) is 3. The van der Waals surface area contributed by atoms with E-state index in [0.717, 1.165) is 6.20 Å². The highest BCUT2D eigenvalue weighted by Crippen LogP contribution is 2.20. The average molecular weight is 301 g/mol. The first-order chi connectivity index (χ1) is 9.46. The Balaban J connectivity index is 2.19. The van der Waals surface area contributed by atoms with Crippen molar-refractivity contribution in [3.63, 3.8) is 0 Å². The van der Waals surface area contributed by atoms with E-state index < -0.39 is 18.6 Å². The maximum absolute atomic E-state index is 12.6. The van der Waals surface area contributed by atoms with Crippen LogP contribution in [0.2, 0.25) is 0 Å². The number of carbonyl (C=O) groups is 1. The van der Waals surface area contributed by atoms with Gasteiger partial charge in [0.2, 0.25) is 0 Å². The molecule has 2 aromatic rings. The van der Waals surface area contributed by atoms with Crippen LogP contribution in [-0.4, -0.2) is 33.5 Å². The number of alkyl halides is 3. The van der Waals surface area contributed by atoms with E-state index in [1.54, 1.807) is 16.8 Å². The molecular formula is C12H10F3N3OS. The van der Waals surface area contributed by atoms with Crippen LogP contribution in [0.25, 0.3) is 0 Å². The summed E-state index contributed by atoms with van der Waals surface area (Å²) in [6.45, 7) is -1.43. The lowest BCUT2D eigenvalue weighted by Gasteiger charge is -2.23. The molecule has 2 heterocycles. The fourth-order valence-electron chi connectivity index (χ4n) is 1.59. The van der Waals surface area contributed by atoms with E-state index in [-0.39, 0.29) is 12.2 Å². The zero-order valence-corrected chi connectivity index (χ0v) is 11.0. The molecule has 0 atom stereocenters. The quantitative estimate of drug-likeness (QED) is 0.872. The Morgan fingerprint density at radius 3 is 2.70 bits per heavy atom. The average Bonchev–Trinajstić information content (AvgIpc) is 2.89. The molecule has 0 unspecified atom stereocenters. The molecule has 0 saturated carbocycles. The molecule has 0 aromatic carbocycles. The Labute approximate surface area is 116 Å². The number of carbonyl (C=O) groups excluding carboxylic acids is 1. The monoisotopic (exact) mass is 301 g/mol. The first-order valence-electron chi connectivity index (χ1n) is 5.59. The van der Waals surface area contributed by atoms with Gasteiger partial charge in [-0.2, -0.15) is 24.5 Å². The SMILES string of the molecule is O=C(c1cnccn1)N(Cc1ccsc1)CC(F)(F)F. The predicted octanol–water partition coefficient (Wildman–Crippen LogP) is 2.74. The number of amides is 1. The Kier molecular flexibility index (Phi) is 4.33. The van der Waals surface area contributed by atoms with Crippen LogP contribution >= 0.6 is 11.3 Å². The lowest BCUT2D eigenvalue weighted by Crippen LogP contribution is -2.38. The molecule has 0 saturated heterocycles. The smallest absolute Gasteiger partial charge is 0.324 e. The molecule has 0 fully saturated rings. The maximum Gasteiger partial charge on any atom is 0.406 e. The summed E-state index contributed by atoms with van der Waals surface area (Å²) in [5.74, 6) is -0.790. The second-order valence-corrected chi connectivity index (χ2v) is 4.78. The molecule has 8 heteroatoms. The molecule has 0 aliphatic heterocycles. The van der Waals surface area contributed by atoms with Gasteiger partial charge < -0.3 is 4.90 Å². The lowest BCUT2D eigenvalue weighted by molar-refractivity contribution is -0.141. The first-order valence-corrected chi connectivity index (χ1v) is 6.53. The Hall–Kier alpha value is -1.96. The van der Waals surface area contributed by atoms with Crippen LogP contribution in [0.3, 0.4) is 0 Å². The molecule has 2 rings (SSSR count). The highest BCUT2D eigenvalue weighted by atomic mass is 32.1. The van der Waals surface area contributed by atoms with Crippen LogP contribution in [0.1, 0.15) is 16.1 Å². The van der Waals surface area contributed by atoms with Gasteiger partial charge in [-0.3, -0.25) is 9.78 Å². The van der Waals surface area contributed by atoms with E-state index in [0.29, 0.717) is 10.5 Å². The minimum absolute atomic E-state index is 0.105. The van der Waals surface area contributed by atoms with Gasteiger partial charge in [-0.1, -0.05) is 0 Å². The molecule has 0 aliphatic carbocycles. The topological polar surface area (TPSA) is 46.1 Å². The fourth-order valence-corrected chi connectivity index (χ4v) is 2.25. The molecule has 20 heavy (non-hydrogen) atoms. The summed E-state index contributed by atoms with van der Waals surface area (Å²) in [6.07, 6.45) is -0.694. The summed E-state index contributed by atoms with van der Waals surface area (Å²) in [5.41, 5.74) is 0.545. The van der Waals surface area contributed by atoms with Crippen molar-refractivity contribution in [2.75, 3.05) is 6.54 Å². The van der Waals surface area contributed by atoms with Crippen LogP contribution in [0, 0.1) is 0 Å². The van der Waals surface area contributed by atoms with E-state index >= 15 is 0 Å². The molecule has 0 aliphatic rings. The first kappa shape index (κ1) is 14.4. The van der Waals surface area contributed by atoms with Gasteiger partial charge in [0.05, 0.1) is 6.20 Å². The molecule has 0 bridgehead atoms. The molecule has 106 valence electrons. The van der Waals surface area contributed by atoms with Crippen molar-refractivity contribution in [1.82, 2.24) is 14.9 Å². The van der Waals surface area contributed by atoms with Crippen LogP contribution in [0.4, 0.5) is 13.2 Å². The molecule has 1 amide bonds. The largest absolute Gasteiger partial charge is 0.406 e. The van der Waals surface area contributed by atoms with Gasteiger partial charge in [-0.25, -0.2) is 4.98 Å². The van der Waals surface area contributed by atoms with Gasteiger partial charge in [-0.05, 0) is 22.4 Å². The van der Waals surface area contributed by atoms with E-state index in [9.17, 15) is 18.0 Å². The Bertz CT molecular complexity index is 557. The molecular weight excluding hydrogens is 291 g/mol. The number of hydrogen-bond acceptors (Lipinski definition) is 4. The molecule has 0 radical (unpaired) electrons. The van der Waals surface area contributed by atoms with Gasteiger partial charge in [0.1, 0.15) is 12.2 Å². The van der Waals surface area contributed by atoms with Crippen molar-refractivity contribution in [3.8, 4) is 0 Å². The third-order valence-electron chi connectivity index (χ3n) is 2.39. The van der Waals surface area contributed by atoms with Gasteiger partial charge in [0, 0.05) is 18.9 Å². The van der Waals surface area contributed by atoms with E-state index in [4.69, 9.17) is 0 Å². The molecule has 2 aromatic heterocycles. The summed E-state index contributed by atoms with van der Waals surface area (Å²) >= 11 is 1.36. The molecule has 4 nitrogen and oxygen atoms in total. The highest BCUT2D eigenvalue weighted by Gasteiger charge is 2.33. The van der Waals surface area contributed by atoms with Crippen molar-refractivity contribution >= 4 is 17.2 Å². The highest BCUT2D eigenvalue weighted by molar-refractivity contribution is 7.07. The molecule has 0 N–H and O–H groups in total. The van der Waals surface area contributed by atoms with Gasteiger partial charge in [0.25, 0.3) is 5.91 Å². The number of aromatic nitrogens is 2. The summed E-state index contributed by atoms with van der Waals surface area (Å²) < 4.78 is 37.7. The van der Waals surface area contributed by atoms with E-state index in [2.05, 4.69) is 9.97 Å². The van der Waals surface area contributed by atoms with Crippen molar-refractivity contribution in [1.29, 1.82) is 0 Å². The summed E-state index contributed by atoms with van der Waals surface area (Å²) in [7, 11) is 0. The number of halogens is 3. The van der Waals surface area contributed by atoms with E-state index in [1.165, 1.54) is 23.7 Å². The second-order valence-electron chi connectivity index (χ2n) is 4.00. The van der Waals surface area contributed by atoms with Gasteiger partial charge in [-0.15, -0.1) is 0 Å². The predicted molar refractivity (Wildman–Crippen MR) is 67.1 cm³/mol. The van der Waals surface area contributed by atoms with Gasteiger partial charge >= 0.3 is 6.18 Å². The van der Waals surface area contributed by atoms with Crippen molar-refractivity contribution < 1.29 is 18.0 Å². The summed E-state index contributed by atoms with van der Waals surface area (Å²) in [5, 5.41) is 3.45. The van der Waals surface area contributed by atoms with Crippen LogP contribution in [-0.2, 0) is 6.54 Å². The van der Waals surface area contributed by atoms with Crippen LogP contribution in [0.5, 0.6) is 0 Å². The van der Waals surface area contributed by atoms with Crippen molar-refractivity contribution in [3.05, 3.63) is 46.7 Å². The number of thiophene rings is 1. The third-order valence-corrected chi connectivity index (χ3v) is 3.13. The summed E-state index contributed by atoms with van der Waals surface area (Å²) in [6, 6.07) is 1.68. The van der Waals surface area contributed by atoms with Crippen molar-refractivity contribution in [2.24, 2.45) is 0 Å². The summed E-state index contributed by atoms with van der Waals surface area (Å²) in [4.78, 5) is 20.2. The van der Waals surface area contributed by atoms with E-state index in [1.807, 2.05) is 0 Å². The zero-order chi connectivity index (χ0) is 14.6. The minimum Gasteiger partial charge on any atom is -0.324 e. The fraction of sp³-hybridized carbons (Fsp3) is 0.250. The standard InChI is InChI=1S/C12H10F3N3OS/c13-12(14,15)8-18(6-9-1-4-20-7-9)11(19)10-5-16-2-3-17-10/h1-5,7H,6,8H2. The number of hydrogen-bond donors (Lipinski definition) is 0. The normalized spacial score (nSPS) is 11.3. The van der Waals surface area contributed by atoms with Crippen LogP contribution in [0.15, 0.2) is 35.4 Å².